The molecule has 0 spiro atoms. The number of aliphatic hydroxyl groups excluding tert-OH is 1. The molecule has 0 bridgehead atoms. The molecule has 27 heavy (non-hydrogen) atoms. The van der Waals surface area contributed by atoms with Crippen molar-refractivity contribution in [3.05, 3.63) is 60.0 Å². The molecule has 3 heterocycles. The molecule has 0 unspecified atom stereocenters. The molecule has 1 N–H and O–H groups in total. The van der Waals surface area contributed by atoms with E-state index in [1.165, 1.54) is 6.20 Å². The smallest absolute Gasteiger partial charge is 0.259 e. The number of benzene rings is 1. The molecule has 1 saturated heterocycles. The van der Waals surface area contributed by atoms with Crippen LogP contribution >= 0.6 is 0 Å². The molecule has 0 radical (unpaired) electrons. The maximum absolute atomic E-state index is 13.1. The molecule has 0 saturated carbocycles. The van der Waals surface area contributed by atoms with Crippen LogP contribution in [0.5, 0.6) is 0 Å². The number of rotatable bonds is 5. The van der Waals surface area contributed by atoms with Gasteiger partial charge >= 0.3 is 0 Å². The summed E-state index contributed by atoms with van der Waals surface area (Å²) in [6, 6.07) is 11.5. The fourth-order valence-electron chi connectivity index (χ4n) is 3.59. The Hall–Kier alpha value is -2.93. The van der Waals surface area contributed by atoms with E-state index in [1.54, 1.807) is 4.68 Å². The fourth-order valence-corrected chi connectivity index (χ4v) is 3.59. The first-order valence-electron chi connectivity index (χ1n) is 9.20. The summed E-state index contributed by atoms with van der Waals surface area (Å²) in [6.45, 7) is 1.88. The first-order chi connectivity index (χ1) is 13.3. The number of hydrogen-bond acceptors (Lipinski definition) is 5. The Morgan fingerprint density at radius 3 is 2.93 bits per heavy atom. The number of likely N-dealkylation sites (tertiary alicyclic amines) is 1. The van der Waals surface area contributed by atoms with Crippen molar-refractivity contribution >= 4 is 5.91 Å². The maximum atomic E-state index is 13.1. The van der Waals surface area contributed by atoms with Gasteiger partial charge in [-0.05, 0) is 18.9 Å². The lowest BCUT2D eigenvalue weighted by Gasteiger charge is -2.31. The van der Waals surface area contributed by atoms with E-state index >= 15 is 0 Å². The van der Waals surface area contributed by atoms with Gasteiger partial charge in [0.1, 0.15) is 5.56 Å². The Kier molecular flexibility index (Phi) is 5.02. The van der Waals surface area contributed by atoms with E-state index in [-0.39, 0.29) is 18.4 Å². The van der Waals surface area contributed by atoms with Gasteiger partial charge in [0.15, 0.2) is 5.76 Å². The van der Waals surface area contributed by atoms with E-state index in [0.29, 0.717) is 31.0 Å². The van der Waals surface area contributed by atoms with Crippen LogP contribution in [-0.2, 0) is 6.54 Å². The average molecular weight is 366 g/mol. The number of amides is 1. The minimum absolute atomic E-state index is 0.0606. The number of hydrogen-bond donors (Lipinski definition) is 1. The molecule has 1 fully saturated rings. The molecule has 140 valence electrons. The monoisotopic (exact) mass is 366 g/mol. The molecule has 3 aromatic rings. The summed E-state index contributed by atoms with van der Waals surface area (Å²) in [5.41, 5.74) is 2.30. The molecule has 2 aromatic heterocycles. The summed E-state index contributed by atoms with van der Waals surface area (Å²) in [7, 11) is 0. The molecule has 1 aliphatic heterocycles. The number of aromatic nitrogens is 3. The summed E-state index contributed by atoms with van der Waals surface area (Å²) in [5, 5.41) is 17.4. The van der Waals surface area contributed by atoms with Gasteiger partial charge in [0.05, 0.1) is 25.0 Å². The molecule has 7 nitrogen and oxygen atoms in total. The normalized spacial score (nSPS) is 17.2. The van der Waals surface area contributed by atoms with Crippen molar-refractivity contribution in [2.24, 2.45) is 0 Å². The van der Waals surface area contributed by atoms with Crippen molar-refractivity contribution in [3.63, 3.8) is 0 Å². The van der Waals surface area contributed by atoms with Crippen LogP contribution in [0.2, 0.25) is 0 Å². The summed E-state index contributed by atoms with van der Waals surface area (Å²) in [4.78, 5) is 15.0. The lowest BCUT2D eigenvalue weighted by Crippen LogP contribution is -2.39. The largest absolute Gasteiger partial charge is 0.394 e. The second kappa shape index (κ2) is 7.75. The number of piperidine rings is 1. The zero-order valence-corrected chi connectivity index (χ0v) is 15.0. The number of nitrogens with zero attached hydrogens (tertiary/aromatic N) is 4. The second-order valence-electron chi connectivity index (χ2n) is 6.75. The number of carbonyl (C=O) groups is 1. The van der Waals surface area contributed by atoms with E-state index in [0.717, 1.165) is 24.1 Å². The molecular weight excluding hydrogens is 344 g/mol. The van der Waals surface area contributed by atoms with Crippen LogP contribution in [0, 0.1) is 0 Å². The Bertz CT molecular complexity index is 903. The lowest BCUT2D eigenvalue weighted by atomic mass is 9.94. The predicted molar refractivity (Wildman–Crippen MR) is 99.1 cm³/mol. The number of aliphatic hydroxyl groups is 1. The molecule has 4 rings (SSSR count). The molecule has 7 heteroatoms. The second-order valence-corrected chi connectivity index (χ2v) is 6.75. The summed E-state index contributed by atoms with van der Waals surface area (Å²) >= 11 is 0. The van der Waals surface area contributed by atoms with E-state index in [9.17, 15) is 4.79 Å². The molecule has 1 aliphatic rings. The van der Waals surface area contributed by atoms with Crippen LogP contribution in [0.15, 0.2) is 53.3 Å². The van der Waals surface area contributed by atoms with E-state index in [1.807, 2.05) is 47.5 Å². The first-order valence-corrected chi connectivity index (χ1v) is 9.20. The Labute approximate surface area is 157 Å². The van der Waals surface area contributed by atoms with Gasteiger partial charge in [0.25, 0.3) is 5.91 Å². The third-order valence-corrected chi connectivity index (χ3v) is 4.95. The van der Waals surface area contributed by atoms with Gasteiger partial charge < -0.3 is 14.5 Å². The third-order valence-electron chi connectivity index (χ3n) is 4.95. The highest BCUT2D eigenvalue weighted by molar-refractivity contribution is 5.99. The topological polar surface area (TPSA) is 84.4 Å². The molecule has 1 amide bonds. The van der Waals surface area contributed by atoms with Crippen LogP contribution in [-0.4, -0.2) is 50.5 Å². The van der Waals surface area contributed by atoms with Gasteiger partial charge in [-0.15, -0.1) is 0 Å². The van der Waals surface area contributed by atoms with Crippen LogP contribution in [0.3, 0.4) is 0 Å². The first kappa shape index (κ1) is 17.5. The SMILES string of the molecule is O=C(c1cnoc1-c1ccccc1)N1CCC[C@H](c2ccn(CCO)n2)C1. The average Bonchev–Trinajstić information content (AvgIpc) is 3.38. The molecule has 0 aliphatic carbocycles. The van der Waals surface area contributed by atoms with E-state index in [4.69, 9.17) is 9.63 Å². The van der Waals surface area contributed by atoms with Gasteiger partial charge in [-0.25, -0.2) is 0 Å². The van der Waals surface area contributed by atoms with Crippen molar-refractivity contribution in [1.29, 1.82) is 0 Å². The van der Waals surface area contributed by atoms with Crippen molar-refractivity contribution in [2.45, 2.75) is 25.3 Å². The zero-order valence-electron chi connectivity index (χ0n) is 15.0. The van der Waals surface area contributed by atoms with Crippen LogP contribution in [0.4, 0.5) is 0 Å². The van der Waals surface area contributed by atoms with Gasteiger partial charge in [-0.1, -0.05) is 35.5 Å². The van der Waals surface area contributed by atoms with E-state index in [2.05, 4.69) is 10.3 Å². The van der Waals surface area contributed by atoms with Crippen molar-refractivity contribution < 1.29 is 14.4 Å². The summed E-state index contributed by atoms with van der Waals surface area (Å²) in [6.07, 6.45) is 5.30. The third kappa shape index (κ3) is 3.64. The maximum Gasteiger partial charge on any atom is 0.259 e. The highest BCUT2D eigenvalue weighted by atomic mass is 16.5. The molecule has 1 atom stereocenters. The van der Waals surface area contributed by atoms with Crippen LogP contribution in [0.1, 0.15) is 34.8 Å². The van der Waals surface area contributed by atoms with Crippen molar-refractivity contribution in [3.8, 4) is 11.3 Å². The Balaban J connectivity index is 1.52. The minimum Gasteiger partial charge on any atom is -0.394 e. The van der Waals surface area contributed by atoms with Crippen molar-refractivity contribution in [1.82, 2.24) is 19.8 Å². The quantitative estimate of drug-likeness (QED) is 0.750. The summed E-state index contributed by atoms with van der Waals surface area (Å²) in [5.74, 6) is 0.646. The number of carbonyl (C=O) groups excluding carboxylic acids is 1. The fraction of sp³-hybridized carbons (Fsp3) is 0.350. The highest BCUT2D eigenvalue weighted by Gasteiger charge is 2.29. The standard InChI is InChI=1S/C20H22N4O3/c25-12-11-24-10-8-18(22-24)16-7-4-9-23(14-16)20(26)17-13-21-27-19(17)15-5-2-1-3-6-15/h1-3,5-6,8,10,13,16,25H,4,7,9,11-12,14H2/t16-/m0/s1. The van der Waals surface area contributed by atoms with Gasteiger partial charge in [-0.2, -0.15) is 5.10 Å². The Morgan fingerprint density at radius 1 is 1.26 bits per heavy atom. The van der Waals surface area contributed by atoms with E-state index < -0.39 is 0 Å². The predicted octanol–water partition coefficient (Wildman–Crippen LogP) is 2.55. The van der Waals surface area contributed by atoms with Crippen molar-refractivity contribution in [2.75, 3.05) is 19.7 Å². The Morgan fingerprint density at radius 2 is 2.11 bits per heavy atom. The zero-order chi connectivity index (χ0) is 18.6. The minimum atomic E-state index is -0.0606. The van der Waals surface area contributed by atoms with Gasteiger partial charge in [-0.3, -0.25) is 9.48 Å². The van der Waals surface area contributed by atoms with Gasteiger partial charge in [0, 0.05) is 30.8 Å². The van der Waals surface area contributed by atoms with Crippen LogP contribution in [0.25, 0.3) is 11.3 Å². The molecule has 1 aromatic carbocycles. The molecular formula is C20H22N4O3. The van der Waals surface area contributed by atoms with Gasteiger partial charge in [0.2, 0.25) is 0 Å². The summed E-state index contributed by atoms with van der Waals surface area (Å²) < 4.78 is 7.11. The highest BCUT2D eigenvalue weighted by Crippen LogP contribution is 2.29. The lowest BCUT2D eigenvalue weighted by molar-refractivity contribution is 0.0706. The van der Waals surface area contributed by atoms with Crippen LogP contribution < -0.4 is 0 Å².